The van der Waals surface area contributed by atoms with E-state index in [2.05, 4.69) is 21.2 Å². The van der Waals surface area contributed by atoms with Crippen LogP contribution in [-0.2, 0) is 4.79 Å². The highest BCUT2D eigenvalue weighted by Gasteiger charge is 2.29. The van der Waals surface area contributed by atoms with Crippen LogP contribution >= 0.6 is 27.7 Å². The Kier molecular flexibility index (Phi) is 3.20. The molecule has 0 aromatic heterocycles. The second-order valence-electron chi connectivity index (χ2n) is 4.64. The molecule has 0 bridgehead atoms. The van der Waals surface area contributed by atoms with Crippen molar-refractivity contribution in [3.63, 3.8) is 0 Å². The summed E-state index contributed by atoms with van der Waals surface area (Å²) in [7, 11) is 0. The van der Waals surface area contributed by atoms with Crippen molar-refractivity contribution in [3.8, 4) is 0 Å². The Bertz CT molecular complexity index is 538. The Balaban J connectivity index is 1.90. The smallest absolute Gasteiger partial charge is 0.296 e. The molecule has 0 atom stereocenters. The van der Waals surface area contributed by atoms with Gasteiger partial charge in [-0.05, 0) is 40.9 Å². The molecule has 5 heteroatoms. The fraction of sp³-hybridized carbons (Fsp3) is 0.385. The van der Waals surface area contributed by atoms with Crippen LogP contribution in [0.5, 0.6) is 0 Å². The molecule has 1 aromatic rings. The number of fused-ring (bicyclic) bond motifs is 1. The third kappa shape index (κ3) is 2.10. The molecular formula is C13H12BrNO2S. The summed E-state index contributed by atoms with van der Waals surface area (Å²) in [6.45, 7) is 0. The van der Waals surface area contributed by atoms with Crippen LogP contribution in [0.2, 0.25) is 0 Å². The van der Waals surface area contributed by atoms with E-state index in [0.29, 0.717) is 16.5 Å². The van der Waals surface area contributed by atoms with E-state index in [1.165, 1.54) is 25.7 Å². The lowest BCUT2D eigenvalue weighted by Gasteiger charge is -2.11. The highest BCUT2D eigenvalue weighted by atomic mass is 79.9. The van der Waals surface area contributed by atoms with Crippen LogP contribution in [0.1, 0.15) is 36.0 Å². The van der Waals surface area contributed by atoms with Gasteiger partial charge in [-0.15, -0.1) is 11.8 Å². The van der Waals surface area contributed by atoms with Gasteiger partial charge in [-0.1, -0.05) is 12.8 Å². The number of nitrogens with one attached hydrogen (secondary N) is 1. The Morgan fingerprint density at radius 3 is 2.67 bits per heavy atom. The van der Waals surface area contributed by atoms with Gasteiger partial charge >= 0.3 is 0 Å². The highest BCUT2D eigenvalue weighted by molar-refractivity contribution is 9.10. The SMILES string of the molecule is O=C1Nc2cc(SC3CCCC3)c(Br)cc2C1=O. The fourth-order valence-electron chi connectivity index (χ4n) is 2.42. The third-order valence-corrected chi connectivity index (χ3v) is 5.68. The number of amides is 1. The quantitative estimate of drug-likeness (QED) is 0.845. The average molecular weight is 326 g/mol. The Hall–Kier alpha value is -0.810. The van der Waals surface area contributed by atoms with E-state index in [1.54, 1.807) is 6.07 Å². The third-order valence-electron chi connectivity index (χ3n) is 3.37. The summed E-state index contributed by atoms with van der Waals surface area (Å²) in [4.78, 5) is 24.0. The van der Waals surface area contributed by atoms with Crippen LogP contribution in [0.3, 0.4) is 0 Å². The van der Waals surface area contributed by atoms with Gasteiger partial charge in [-0.3, -0.25) is 9.59 Å². The van der Waals surface area contributed by atoms with Gasteiger partial charge in [-0.2, -0.15) is 0 Å². The van der Waals surface area contributed by atoms with Crippen LogP contribution in [0.4, 0.5) is 5.69 Å². The molecule has 1 N–H and O–H groups in total. The first-order valence-electron chi connectivity index (χ1n) is 6.01. The van der Waals surface area contributed by atoms with Gasteiger partial charge in [0.25, 0.3) is 11.7 Å². The summed E-state index contributed by atoms with van der Waals surface area (Å²) in [5, 5.41) is 3.28. The molecule has 0 radical (unpaired) electrons. The average Bonchev–Trinajstić information content (AvgIpc) is 2.92. The maximum atomic E-state index is 11.6. The van der Waals surface area contributed by atoms with Gasteiger partial charge in [0.2, 0.25) is 0 Å². The van der Waals surface area contributed by atoms with E-state index >= 15 is 0 Å². The van der Waals surface area contributed by atoms with Crippen molar-refractivity contribution in [1.82, 2.24) is 0 Å². The van der Waals surface area contributed by atoms with Crippen LogP contribution in [0.15, 0.2) is 21.5 Å². The Morgan fingerprint density at radius 2 is 1.94 bits per heavy atom. The summed E-state index contributed by atoms with van der Waals surface area (Å²) in [6, 6.07) is 3.66. The lowest BCUT2D eigenvalue weighted by Crippen LogP contribution is -2.12. The number of rotatable bonds is 2. The summed E-state index contributed by atoms with van der Waals surface area (Å²) >= 11 is 5.33. The topological polar surface area (TPSA) is 46.2 Å². The molecule has 1 amide bonds. The number of carbonyl (C=O) groups is 2. The predicted octanol–water partition coefficient (Wildman–Crippen LogP) is 3.62. The number of carbonyl (C=O) groups excluding carboxylic acids is 2. The van der Waals surface area contributed by atoms with E-state index in [0.717, 1.165) is 9.37 Å². The molecule has 1 aliphatic carbocycles. The van der Waals surface area contributed by atoms with Gasteiger partial charge < -0.3 is 5.32 Å². The molecule has 1 heterocycles. The van der Waals surface area contributed by atoms with Crippen molar-refractivity contribution in [2.75, 3.05) is 5.32 Å². The van der Waals surface area contributed by atoms with Gasteiger partial charge in [-0.25, -0.2) is 0 Å². The summed E-state index contributed by atoms with van der Waals surface area (Å²) < 4.78 is 0.906. The molecule has 1 fully saturated rings. The number of hydrogen-bond donors (Lipinski definition) is 1. The van der Waals surface area contributed by atoms with Crippen LogP contribution in [0.25, 0.3) is 0 Å². The summed E-state index contributed by atoms with van der Waals surface area (Å²) in [5.41, 5.74) is 1.12. The Morgan fingerprint density at radius 1 is 1.22 bits per heavy atom. The molecule has 0 spiro atoms. The first-order chi connectivity index (χ1) is 8.65. The van der Waals surface area contributed by atoms with Crippen molar-refractivity contribution < 1.29 is 9.59 Å². The molecule has 2 aliphatic rings. The Labute approximate surface area is 118 Å². The highest BCUT2D eigenvalue weighted by Crippen LogP contribution is 2.41. The monoisotopic (exact) mass is 325 g/mol. The van der Waals surface area contributed by atoms with Gasteiger partial charge in [0.15, 0.2) is 0 Å². The standard InChI is InChI=1S/C13H12BrNO2S/c14-9-5-8-10(15-13(17)12(8)16)6-11(9)18-7-3-1-2-4-7/h5-7H,1-4H2,(H,15,16,17). The number of ketones is 1. The molecule has 3 rings (SSSR count). The van der Waals surface area contributed by atoms with Crippen LogP contribution in [0, 0.1) is 0 Å². The van der Waals surface area contributed by atoms with E-state index < -0.39 is 11.7 Å². The molecule has 0 saturated heterocycles. The number of thioether (sulfide) groups is 1. The van der Waals surface area contributed by atoms with Crippen LogP contribution < -0.4 is 5.32 Å². The first kappa shape index (κ1) is 12.2. The maximum absolute atomic E-state index is 11.6. The van der Waals surface area contributed by atoms with E-state index in [1.807, 2.05) is 17.8 Å². The van der Waals surface area contributed by atoms with Crippen LogP contribution in [-0.4, -0.2) is 16.9 Å². The fourth-order valence-corrected chi connectivity index (χ4v) is 4.33. The molecular weight excluding hydrogens is 314 g/mol. The number of hydrogen-bond acceptors (Lipinski definition) is 3. The molecule has 1 aliphatic heterocycles. The zero-order chi connectivity index (χ0) is 12.7. The summed E-state index contributed by atoms with van der Waals surface area (Å²) in [6.07, 6.45) is 5.10. The van der Waals surface area contributed by atoms with E-state index in [9.17, 15) is 9.59 Å². The van der Waals surface area contributed by atoms with Gasteiger partial charge in [0.1, 0.15) is 0 Å². The number of halogens is 1. The molecule has 1 saturated carbocycles. The minimum atomic E-state index is -0.528. The van der Waals surface area contributed by atoms with Crippen molar-refractivity contribution in [3.05, 3.63) is 22.2 Å². The predicted molar refractivity (Wildman–Crippen MR) is 75.2 cm³/mol. The second kappa shape index (κ2) is 4.70. The lowest BCUT2D eigenvalue weighted by molar-refractivity contribution is -0.112. The first-order valence-corrected chi connectivity index (χ1v) is 7.68. The minimum Gasteiger partial charge on any atom is -0.318 e. The molecule has 3 nitrogen and oxygen atoms in total. The van der Waals surface area contributed by atoms with Crippen molar-refractivity contribution >= 4 is 45.1 Å². The normalized spacial score (nSPS) is 19.2. The number of benzene rings is 1. The molecule has 0 unspecified atom stereocenters. The molecule has 1 aromatic carbocycles. The number of anilines is 1. The zero-order valence-electron chi connectivity index (χ0n) is 9.66. The van der Waals surface area contributed by atoms with Gasteiger partial charge in [0.05, 0.1) is 11.3 Å². The van der Waals surface area contributed by atoms with Gasteiger partial charge in [0, 0.05) is 14.6 Å². The minimum absolute atomic E-state index is 0.442. The van der Waals surface area contributed by atoms with Crippen molar-refractivity contribution in [2.45, 2.75) is 35.8 Å². The van der Waals surface area contributed by atoms with E-state index in [4.69, 9.17) is 0 Å². The largest absolute Gasteiger partial charge is 0.318 e. The summed E-state index contributed by atoms with van der Waals surface area (Å²) in [5.74, 6) is -0.969. The molecule has 94 valence electrons. The van der Waals surface area contributed by atoms with Crippen molar-refractivity contribution in [2.24, 2.45) is 0 Å². The molecule has 18 heavy (non-hydrogen) atoms. The second-order valence-corrected chi connectivity index (χ2v) is 6.83. The van der Waals surface area contributed by atoms with E-state index in [-0.39, 0.29) is 0 Å². The maximum Gasteiger partial charge on any atom is 0.296 e. The number of Topliss-reactive ketones (excluding diaryl/α,β-unsaturated/α-hetero) is 1. The lowest BCUT2D eigenvalue weighted by atomic mass is 10.1. The van der Waals surface area contributed by atoms with Crippen molar-refractivity contribution in [1.29, 1.82) is 0 Å². The zero-order valence-corrected chi connectivity index (χ0v) is 12.1.